The second-order valence-corrected chi connectivity index (χ2v) is 6.17. The van der Waals surface area contributed by atoms with Crippen molar-refractivity contribution < 1.29 is 14.3 Å². The van der Waals surface area contributed by atoms with Gasteiger partial charge in [-0.1, -0.05) is 48.2 Å². The van der Waals surface area contributed by atoms with Crippen molar-refractivity contribution in [3.05, 3.63) is 95.8 Å². The molecule has 0 aliphatic heterocycles. The maximum Gasteiger partial charge on any atom is 0.333 e. The number of benzene rings is 2. The minimum absolute atomic E-state index is 0.0204. The Morgan fingerprint density at radius 3 is 2.50 bits per heavy atom. The van der Waals surface area contributed by atoms with Crippen molar-refractivity contribution in [1.82, 2.24) is 15.0 Å². The van der Waals surface area contributed by atoms with Gasteiger partial charge < -0.3 is 4.74 Å². The van der Waals surface area contributed by atoms with Gasteiger partial charge in [0.1, 0.15) is 12.3 Å². The number of nitrogens with zero attached hydrogens (tertiary/aromatic N) is 3. The van der Waals surface area contributed by atoms with Crippen LogP contribution in [-0.4, -0.2) is 26.7 Å². The number of ether oxygens (including phenoxy) is 1. The van der Waals surface area contributed by atoms with Crippen molar-refractivity contribution in [3.63, 3.8) is 0 Å². The molecule has 6 nitrogen and oxygen atoms in total. The summed E-state index contributed by atoms with van der Waals surface area (Å²) in [6.07, 6.45) is 5.00. The summed E-state index contributed by atoms with van der Waals surface area (Å²) < 4.78 is 6.60. The number of hydrogen-bond acceptors (Lipinski definition) is 5. The predicted octanol–water partition coefficient (Wildman–Crippen LogP) is 3.78. The van der Waals surface area contributed by atoms with Crippen molar-refractivity contribution in [1.29, 1.82) is 0 Å². The Morgan fingerprint density at radius 1 is 1.11 bits per heavy atom. The van der Waals surface area contributed by atoms with E-state index in [0.29, 0.717) is 16.8 Å². The zero-order valence-corrected chi connectivity index (χ0v) is 15.4. The summed E-state index contributed by atoms with van der Waals surface area (Å²) in [6, 6.07) is 16.7. The molecule has 0 unspecified atom stereocenters. The molecule has 6 heteroatoms. The highest BCUT2D eigenvalue weighted by molar-refractivity contribution is 6.06. The molecule has 0 spiro atoms. The lowest BCUT2D eigenvalue weighted by Crippen LogP contribution is -2.04. The topological polar surface area (TPSA) is 74.1 Å². The smallest absolute Gasteiger partial charge is 0.333 e. The molecule has 0 saturated carbocycles. The highest BCUT2D eigenvalue weighted by Crippen LogP contribution is 2.12. The molecule has 1 aromatic heterocycles. The van der Waals surface area contributed by atoms with E-state index in [1.54, 1.807) is 54.2 Å². The molecule has 0 atom stereocenters. The third-order valence-electron chi connectivity index (χ3n) is 3.88. The lowest BCUT2D eigenvalue weighted by molar-refractivity contribution is -0.140. The number of ketones is 1. The molecule has 1 heterocycles. The number of hydrogen-bond donors (Lipinski definition) is 0. The number of allylic oxidation sites excluding steroid dienone is 1. The fraction of sp³-hybridized carbons (Fsp3) is 0.0909. The van der Waals surface area contributed by atoms with Gasteiger partial charge in [0.15, 0.2) is 5.78 Å². The minimum Gasteiger partial charge on any atom is -0.456 e. The first kappa shape index (κ1) is 19.0. The molecule has 140 valence electrons. The van der Waals surface area contributed by atoms with Crippen LogP contribution in [0.3, 0.4) is 0 Å². The Labute approximate surface area is 162 Å². The Balaban J connectivity index is 1.64. The monoisotopic (exact) mass is 373 g/mol. The third kappa shape index (κ3) is 4.88. The van der Waals surface area contributed by atoms with Crippen molar-refractivity contribution >= 4 is 17.8 Å². The predicted molar refractivity (Wildman–Crippen MR) is 106 cm³/mol. The summed E-state index contributed by atoms with van der Waals surface area (Å²) in [7, 11) is 0. The van der Waals surface area contributed by atoms with Crippen LogP contribution < -0.4 is 0 Å². The molecule has 28 heavy (non-hydrogen) atoms. The maximum absolute atomic E-state index is 12.3. The third-order valence-corrected chi connectivity index (χ3v) is 3.88. The van der Waals surface area contributed by atoms with Crippen LogP contribution in [0.5, 0.6) is 0 Å². The van der Waals surface area contributed by atoms with Crippen molar-refractivity contribution in [3.8, 4) is 5.69 Å². The summed E-state index contributed by atoms with van der Waals surface area (Å²) in [5.41, 5.74) is 3.13. The zero-order chi connectivity index (χ0) is 19.9. The van der Waals surface area contributed by atoms with Gasteiger partial charge in [-0.3, -0.25) is 4.79 Å². The van der Waals surface area contributed by atoms with E-state index in [2.05, 4.69) is 16.9 Å². The lowest BCUT2D eigenvalue weighted by Gasteiger charge is -2.02. The van der Waals surface area contributed by atoms with Crippen molar-refractivity contribution in [2.75, 3.05) is 0 Å². The van der Waals surface area contributed by atoms with E-state index >= 15 is 0 Å². The average molecular weight is 373 g/mol. The molecule has 3 aromatic rings. The summed E-state index contributed by atoms with van der Waals surface area (Å²) in [5, 5.41) is 7.99. The van der Waals surface area contributed by atoms with Gasteiger partial charge in [0.05, 0.1) is 11.9 Å². The first-order valence-corrected chi connectivity index (χ1v) is 8.64. The minimum atomic E-state index is -0.471. The summed E-state index contributed by atoms with van der Waals surface area (Å²) >= 11 is 0. The molecular formula is C22H19N3O3. The Hall–Kier alpha value is -3.80. The van der Waals surface area contributed by atoms with Crippen LogP contribution in [0.25, 0.3) is 11.8 Å². The Kier molecular flexibility index (Phi) is 5.91. The lowest BCUT2D eigenvalue weighted by atomic mass is 10.1. The fourth-order valence-corrected chi connectivity index (χ4v) is 2.36. The van der Waals surface area contributed by atoms with Crippen LogP contribution in [0.1, 0.15) is 28.5 Å². The normalized spacial score (nSPS) is 10.8. The standard InChI is InChI=1S/C22H19N3O3/c1-16(2)22(27)28-15-19-14-25(24-23-19)20-11-9-18(10-12-20)21(26)13-8-17-6-4-3-5-7-17/h3-14H,1,15H2,2H3/b13-8+. The Morgan fingerprint density at radius 2 is 1.82 bits per heavy atom. The van der Waals surface area contributed by atoms with Crippen LogP contribution in [0, 0.1) is 0 Å². The molecule has 0 fully saturated rings. The first-order chi connectivity index (χ1) is 13.5. The zero-order valence-electron chi connectivity index (χ0n) is 15.4. The van der Waals surface area contributed by atoms with Gasteiger partial charge in [-0.25, -0.2) is 9.48 Å². The number of esters is 1. The number of carbonyl (C=O) groups excluding carboxylic acids is 2. The van der Waals surface area contributed by atoms with Gasteiger partial charge in [-0.2, -0.15) is 0 Å². The summed E-state index contributed by atoms with van der Waals surface area (Å²) in [5.74, 6) is -0.553. The highest BCUT2D eigenvalue weighted by Gasteiger charge is 2.08. The van der Waals surface area contributed by atoms with Gasteiger partial charge >= 0.3 is 5.97 Å². The number of aromatic nitrogens is 3. The molecule has 3 rings (SSSR count). The molecule has 0 saturated heterocycles. The van der Waals surface area contributed by atoms with E-state index < -0.39 is 5.97 Å². The summed E-state index contributed by atoms with van der Waals surface area (Å²) in [4.78, 5) is 23.7. The quantitative estimate of drug-likeness (QED) is 0.358. The highest BCUT2D eigenvalue weighted by atomic mass is 16.5. The number of rotatable bonds is 7. The van der Waals surface area contributed by atoms with E-state index in [1.807, 2.05) is 30.3 Å². The first-order valence-electron chi connectivity index (χ1n) is 8.64. The van der Waals surface area contributed by atoms with Crippen LogP contribution in [0.15, 0.2) is 79.0 Å². The van der Waals surface area contributed by atoms with Crippen molar-refractivity contribution in [2.24, 2.45) is 0 Å². The Bertz CT molecular complexity index is 1020. The van der Waals surface area contributed by atoms with Crippen LogP contribution in [-0.2, 0) is 16.1 Å². The van der Waals surface area contributed by atoms with E-state index in [4.69, 9.17) is 4.74 Å². The SMILES string of the molecule is C=C(C)C(=O)OCc1cn(-c2ccc(C(=O)/C=C/c3ccccc3)cc2)nn1. The van der Waals surface area contributed by atoms with Gasteiger partial charge in [0, 0.05) is 11.1 Å². The van der Waals surface area contributed by atoms with Gasteiger partial charge in [-0.05, 0) is 42.8 Å². The van der Waals surface area contributed by atoms with E-state index in [9.17, 15) is 9.59 Å². The van der Waals surface area contributed by atoms with E-state index in [1.165, 1.54) is 0 Å². The largest absolute Gasteiger partial charge is 0.456 e. The van der Waals surface area contributed by atoms with Crippen LogP contribution >= 0.6 is 0 Å². The van der Waals surface area contributed by atoms with Gasteiger partial charge in [0.2, 0.25) is 0 Å². The molecule has 0 N–H and O–H groups in total. The molecule has 0 bridgehead atoms. The summed E-state index contributed by atoms with van der Waals surface area (Å²) in [6.45, 7) is 5.13. The van der Waals surface area contributed by atoms with E-state index in [-0.39, 0.29) is 12.4 Å². The van der Waals surface area contributed by atoms with Crippen LogP contribution in [0.4, 0.5) is 0 Å². The fourth-order valence-electron chi connectivity index (χ4n) is 2.36. The molecule has 0 radical (unpaired) electrons. The molecule has 0 amide bonds. The van der Waals surface area contributed by atoms with E-state index in [0.717, 1.165) is 11.3 Å². The second kappa shape index (κ2) is 8.73. The molecular weight excluding hydrogens is 354 g/mol. The van der Waals surface area contributed by atoms with Crippen LogP contribution in [0.2, 0.25) is 0 Å². The average Bonchev–Trinajstić information content (AvgIpc) is 3.20. The van der Waals surface area contributed by atoms with Gasteiger partial charge in [-0.15, -0.1) is 5.10 Å². The number of carbonyl (C=O) groups is 2. The molecule has 2 aromatic carbocycles. The van der Waals surface area contributed by atoms with Crippen molar-refractivity contribution in [2.45, 2.75) is 13.5 Å². The molecule has 0 aliphatic carbocycles. The second-order valence-electron chi connectivity index (χ2n) is 6.17. The van der Waals surface area contributed by atoms with Gasteiger partial charge in [0.25, 0.3) is 0 Å². The molecule has 0 aliphatic rings. The maximum atomic E-state index is 12.3.